The summed E-state index contributed by atoms with van der Waals surface area (Å²) in [7, 11) is 2.22. The minimum atomic E-state index is 0.218. The van der Waals surface area contributed by atoms with E-state index in [1.165, 1.54) is 35.5 Å². The van der Waals surface area contributed by atoms with Gasteiger partial charge in [-0.25, -0.2) is 0 Å². The number of nitrogens with two attached hydrogens (primary N) is 1. The number of likely N-dealkylation sites (N-methyl/N-ethyl adjacent to an activating group) is 1. The summed E-state index contributed by atoms with van der Waals surface area (Å²) in [5.74, 6) is 2.49. The molecular formula is C15H24N2S. The lowest BCUT2D eigenvalue weighted by atomic mass is 9.90. The van der Waals surface area contributed by atoms with Gasteiger partial charge in [-0.05, 0) is 43.9 Å². The Morgan fingerprint density at radius 2 is 1.83 bits per heavy atom. The lowest BCUT2D eigenvalue weighted by Gasteiger charge is -2.44. The van der Waals surface area contributed by atoms with Gasteiger partial charge in [0, 0.05) is 18.6 Å². The van der Waals surface area contributed by atoms with Crippen LogP contribution in [0.25, 0.3) is 0 Å². The van der Waals surface area contributed by atoms with E-state index in [1.54, 1.807) is 0 Å². The lowest BCUT2D eigenvalue weighted by molar-refractivity contribution is 0.107. The number of hydrogen-bond acceptors (Lipinski definition) is 3. The monoisotopic (exact) mass is 264 g/mol. The van der Waals surface area contributed by atoms with Crippen LogP contribution in [0.3, 0.4) is 0 Å². The van der Waals surface area contributed by atoms with Gasteiger partial charge in [0.25, 0.3) is 0 Å². The summed E-state index contributed by atoms with van der Waals surface area (Å²) in [6, 6.07) is 8.84. The molecule has 1 heterocycles. The SMILES string of the molecule is Cc1ccc(CN(C)C2(CN)CCSCC2)cc1. The van der Waals surface area contributed by atoms with Gasteiger partial charge in [-0.15, -0.1) is 0 Å². The summed E-state index contributed by atoms with van der Waals surface area (Å²) in [5.41, 5.74) is 8.99. The second-order valence-corrected chi connectivity index (χ2v) is 6.61. The van der Waals surface area contributed by atoms with E-state index in [9.17, 15) is 0 Å². The van der Waals surface area contributed by atoms with Crippen molar-refractivity contribution >= 4 is 11.8 Å². The highest BCUT2D eigenvalue weighted by Gasteiger charge is 2.34. The Morgan fingerprint density at radius 1 is 1.22 bits per heavy atom. The van der Waals surface area contributed by atoms with Crippen LogP contribution >= 0.6 is 11.8 Å². The van der Waals surface area contributed by atoms with Crippen molar-refractivity contribution < 1.29 is 0 Å². The lowest BCUT2D eigenvalue weighted by Crippen LogP contribution is -2.53. The molecule has 1 saturated heterocycles. The zero-order chi connectivity index (χ0) is 13.0. The Morgan fingerprint density at radius 3 is 2.39 bits per heavy atom. The van der Waals surface area contributed by atoms with E-state index in [4.69, 9.17) is 5.73 Å². The highest BCUT2D eigenvalue weighted by molar-refractivity contribution is 7.99. The van der Waals surface area contributed by atoms with Crippen LogP contribution in [0.5, 0.6) is 0 Å². The van der Waals surface area contributed by atoms with E-state index < -0.39 is 0 Å². The van der Waals surface area contributed by atoms with Crippen LogP contribution in [0.15, 0.2) is 24.3 Å². The first-order valence-corrected chi connectivity index (χ1v) is 7.86. The maximum Gasteiger partial charge on any atom is 0.0347 e. The molecule has 3 heteroatoms. The molecule has 18 heavy (non-hydrogen) atoms. The molecule has 1 aliphatic heterocycles. The smallest absolute Gasteiger partial charge is 0.0347 e. The molecule has 1 aromatic rings. The Kier molecular flexibility index (Phi) is 4.71. The average Bonchev–Trinajstić information content (AvgIpc) is 2.42. The predicted octanol–water partition coefficient (Wildman–Crippen LogP) is 2.65. The first-order chi connectivity index (χ1) is 8.66. The molecule has 1 aliphatic rings. The molecule has 1 aromatic carbocycles. The van der Waals surface area contributed by atoms with Crippen molar-refractivity contribution in [1.29, 1.82) is 0 Å². The topological polar surface area (TPSA) is 29.3 Å². The van der Waals surface area contributed by atoms with Crippen molar-refractivity contribution in [3.05, 3.63) is 35.4 Å². The molecule has 0 radical (unpaired) electrons. The van der Waals surface area contributed by atoms with Crippen molar-refractivity contribution in [2.75, 3.05) is 25.1 Å². The number of thioether (sulfide) groups is 1. The highest BCUT2D eigenvalue weighted by atomic mass is 32.2. The van der Waals surface area contributed by atoms with E-state index in [1.807, 2.05) is 0 Å². The summed E-state index contributed by atoms with van der Waals surface area (Å²) >= 11 is 2.06. The summed E-state index contributed by atoms with van der Waals surface area (Å²) in [6.45, 7) is 3.91. The van der Waals surface area contributed by atoms with Crippen molar-refractivity contribution in [2.45, 2.75) is 31.8 Å². The molecule has 0 atom stereocenters. The summed E-state index contributed by atoms with van der Waals surface area (Å²) in [6.07, 6.45) is 2.44. The van der Waals surface area contributed by atoms with E-state index in [0.717, 1.165) is 13.1 Å². The Labute approximate surface area is 115 Å². The molecule has 100 valence electrons. The summed E-state index contributed by atoms with van der Waals surface area (Å²) in [5, 5.41) is 0. The van der Waals surface area contributed by atoms with Gasteiger partial charge in [0.2, 0.25) is 0 Å². The van der Waals surface area contributed by atoms with Crippen molar-refractivity contribution in [3.8, 4) is 0 Å². The van der Waals surface area contributed by atoms with Crippen LogP contribution in [0.2, 0.25) is 0 Å². The van der Waals surface area contributed by atoms with E-state index >= 15 is 0 Å². The first kappa shape index (κ1) is 13.9. The van der Waals surface area contributed by atoms with Crippen molar-refractivity contribution in [1.82, 2.24) is 4.90 Å². The Balaban J connectivity index is 2.05. The molecule has 0 aliphatic carbocycles. The fourth-order valence-electron chi connectivity index (χ4n) is 2.63. The van der Waals surface area contributed by atoms with Gasteiger partial charge in [-0.1, -0.05) is 29.8 Å². The third-order valence-electron chi connectivity index (χ3n) is 4.15. The van der Waals surface area contributed by atoms with Gasteiger partial charge in [0.1, 0.15) is 0 Å². The maximum atomic E-state index is 6.07. The van der Waals surface area contributed by atoms with Gasteiger partial charge in [-0.2, -0.15) is 11.8 Å². The quantitative estimate of drug-likeness (QED) is 0.906. The van der Waals surface area contributed by atoms with Crippen LogP contribution < -0.4 is 5.73 Å². The molecule has 0 bridgehead atoms. The van der Waals surface area contributed by atoms with Crippen LogP contribution in [-0.4, -0.2) is 35.5 Å². The van der Waals surface area contributed by atoms with Gasteiger partial charge in [0.05, 0.1) is 0 Å². The van der Waals surface area contributed by atoms with Gasteiger partial charge in [0.15, 0.2) is 0 Å². The second kappa shape index (κ2) is 6.09. The largest absolute Gasteiger partial charge is 0.329 e. The van der Waals surface area contributed by atoms with Gasteiger partial charge >= 0.3 is 0 Å². The number of nitrogens with zero attached hydrogens (tertiary/aromatic N) is 1. The molecule has 1 fully saturated rings. The minimum absolute atomic E-state index is 0.218. The standard InChI is InChI=1S/C15H24N2S/c1-13-3-5-14(6-4-13)11-17(2)15(12-16)7-9-18-10-8-15/h3-6H,7-12,16H2,1-2H3. The van der Waals surface area contributed by atoms with Crippen LogP contribution in [-0.2, 0) is 6.54 Å². The first-order valence-electron chi connectivity index (χ1n) is 6.71. The zero-order valence-corrected chi connectivity index (χ0v) is 12.3. The third-order valence-corrected chi connectivity index (χ3v) is 5.14. The van der Waals surface area contributed by atoms with Crippen LogP contribution in [0.4, 0.5) is 0 Å². The predicted molar refractivity (Wildman–Crippen MR) is 81.0 cm³/mol. The van der Waals surface area contributed by atoms with Gasteiger partial charge < -0.3 is 5.73 Å². The molecule has 0 saturated carbocycles. The van der Waals surface area contributed by atoms with Crippen molar-refractivity contribution in [3.63, 3.8) is 0 Å². The molecule has 0 unspecified atom stereocenters. The van der Waals surface area contributed by atoms with E-state index in [2.05, 4.69) is 54.9 Å². The number of benzene rings is 1. The van der Waals surface area contributed by atoms with Crippen LogP contribution in [0.1, 0.15) is 24.0 Å². The number of aryl methyl sites for hydroxylation is 1. The molecule has 2 N–H and O–H groups in total. The summed E-state index contributed by atoms with van der Waals surface area (Å²) < 4.78 is 0. The molecule has 0 spiro atoms. The third kappa shape index (κ3) is 3.08. The number of rotatable bonds is 4. The molecule has 2 nitrogen and oxygen atoms in total. The zero-order valence-electron chi connectivity index (χ0n) is 11.5. The second-order valence-electron chi connectivity index (χ2n) is 5.38. The van der Waals surface area contributed by atoms with E-state index in [0.29, 0.717) is 0 Å². The average molecular weight is 264 g/mol. The van der Waals surface area contributed by atoms with E-state index in [-0.39, 0.29) is 5.54 Å². The maximum absolute atomic E-state index is 6.07. The summed E-state index contributed by atoms with van der Waals surface area (Å²) in [4.78, 5) is 2.47. The molecule has 0 aromatic heterocycles. The fourth-order valence-corrected chi connectivity index (χ4v) is 3.88. The van der Waals surface area contributed by atoms with Crippen LogP contribution in [0, 0.1) is 6.92 Å². The number of hydrogen-bond donors (Lipinski definition) is 1. The molecule has 0 amide bonds. The molecule has 2 rings (SSSR count). The fraction of sp³-hybridized carbons (Fsp3) is 0.600. The minimum Gasteiger partial charge on any atom is -0.329 e. The van der Waals surface area contributed by atoms with Crippen molar-refractivity contribution in [2.24, 2.45) is 5.73 Å². The Bertz CT molecular complexity index is 369. The molecular weight excluding hydrogens is 240 g/mol. The van der Waals surface area contributed by atoms with Gasteiger partial charge in [-0.3, -0.25) is 4.90 Å². The highest BCUT2D eigenvalue weighted by Crippen LogP contribution is 2.31. The Hall–Kier alpha value is -0.510. The normalized spacial score (nSPS) is 19.1.